The van der Waals surface area contributed by atoms with Gasteiger partial charge in [-0.05, 0) is 56.2 Å². The fourth-order valence-electron chi connectivity index (χ4n) is 3.14. The van der Waals surface area contributed by atoms with Crippen molar-refractivity contribution in [3.63, 3.8) is 0 Å². The maximum atomic E-state index is 12.1. The minimum Gasteiger partial charge on any atom is -0.467 e. The SMILES string of the molecule is Cc1ccc(CSCCNC(=O)/C=C/c2cc(C)n(Cc3ccco3)c2C)cc1. The van der Waals surface area contributed by atoms with Gasteiger partial charge in [0, 0.05) is 35.5 Å². The van der Waals surface area contributed by atoms with Crippen molar-refractivity contribution in [1.82, 2.24) is 9.88 Å². The molecule has 5 heteroatoms. The molecule has 0 radical (unpaired) electrons. The first-order chi connectivity index (χ1) is 14.0. The van der Waals surface area contributed by atoms with Crippen LogP contribution >= 0.6 is 11.8 Å². The lowest BCUT2D eigenvalue weighted by Gasteiger charge is -2.07. The van der Waals surface area contributed by atoms with Gasteiger partial charge >= 0.3 is 0 Å². The second kappa shape index (κ2) is 10.2. The third-order valence-corrected chi connectivity index (χ3v) is 5.89. The number of hydrogen-bond donors (Lipinski definition) is 1. The number of nitrogens with zero attached hydrogens (tertiary/aromatic N) is 1. The highest BCUT2D eigenvalue weighted by Gasteiger charge is 2.09. The lowest BCUT2D eigenvalue weighted by atomic mass is 10.2. The maximum Gasteiger partial charge on any atom is 0.244 e. The van der Waals surface area contributed by atoms with E-state index in [0.717, 1.165) is 34.2 Å². The molecule has 0 aliphatic heterocycles. The quantitative estimate of drug-likeness (QED) is 0.395. The summed E-state index contributed by atoms with van der Waals surface area (Å²) in [6.07, 6.45) is 5.19. The summed E-state index contributed by atoms with van der Waals surface area (Å²) in [6.45, 7) is 7.59. The summed E-state index contributed by atoms with van der Waals surface area (Å²) in [6, 6.07) is 14.5. The summed E-state index contributed by atoms with van der Waals surface area (Å²) in [5.74, 6) is 2.72. The first-order valence-electron chi connectivity index (χ1n) is 9.81. The first kappa shape index (κ1) is 21.1. The summed E-state index contributed by atoms with van der Waals surface area (Å²) < 4.78 is 7.64. The zero-order valence-electron chi connectivity index (χ0n) is 17.3. The molecule has 0 aliphatic rings. The molecule has 3 aromatic rings. The van der Waals surface area contributed by atoms with Gasteiger partial charge in [-0.1, -0.05) is 29.8 Å². The van der Waals surface area contributed by atoms with E-state index in [1.807, 2.05) is 30.0 Å². The summed E-state index contributed by atoms with van der Waals surface area (Å²) in [5, 5.41) is 2.96. The third-order valence-electron chi connectivity index (χ3n) is 4.86. The fourth-order valence-corrected chi connectivity index (χ4v) is 3.96. The minimum absolute atomic E-state index is 0.0585. The summed E-state index contributed by atoms with van der Waals surface area (Å²) in [7, 11) is 0. The maximum absolute atomic E-state index is 12.1. The lowest BCUT2D eigenvalue weighted by Crippen LogP contribution is -2.23. The highest BCUT2D eigenvalue weighted by molar-refractivity contribution is 7.98. The molecular weight excluding hydrogens is 380 g/mol. The molecule has 1 aromatic carbocycles. The van der Waals surface area contributed by atoms with E-state index >= 15 is 0 Å². The zero-order valence-corrected chi connectivity index (χ0v) is 18.1. The number of thioether (sulfide) groups is 1. The van der Waals surface area contributed by atoms with Crippen molar-refractivity contribution in [2.24, 2.45) is 0 Å². The lowest BCUT2D eigenvalue weighted by molar-refractivity contribution is -0.116. The Kier molecular flexibility index (Phi) is 7.42. The normalized spacial score (nSPS) is 11.3. The van der Waals surface area contributed by atoms with Crippen molar-refractivity contribution < 1.29 is 9.21 Å². The monoisotopic (exact) mass is 408 g/mol. The molecule has 0 fully saturated rings. The number of furan rings is 1. The number of carbonyl (C=O) groups is 1. The predicted octanol–water partition coefficient (Wildman–Crippen LogP) is 5.12. The van der Waals surface area contributed by atoms with Gasteiger partial charge in [-0.15, -0.1) is 0 Å². The fraction of sp³-hybridized carbons (Fsp3) is 0.292. The van der Waals surface area contributed by atoms with Crippen LogP contribution in [0.4, 0.5) is 0 Å². The van der Waals surface area contributed by atoms with E-state index in [9.17, 15) is 4.79 Å². The molecule has 3 rings (SSSR count). The Hall–Kier alpha value is -2.66. The molecule has 152 valence electrons. The molecule has 0 aliphatic carbocycles. The molecule has 1 N–H and O–H groups in total. The molecule has 0 atom stereocenters. The molecule has 0 saturated carbocycles. The Labute approximate surface area is 177 Å². The van der Waals surface area contributed by atoms with E-state index in [1.165, 1.54) is 11.1 Å². The number of benzene rings is 1. The number of amides is 1. The summed E-state index contributed by atoms with van der Waals surface area (Å²) >= 11 is 1.83. The van der Waals surface area contributed by atoms with Gasteiger partial charge in [-0.25, -0.2) is 0 Å². The second-order valence-electron chi connectivity index (χ2n) is 7.15. The van der Waals surface area contributed by atoms with Crippen molar-refractivity contribution in [3.8, 4) is 0 Å². The number of carbonyl (C=O) groups excluding carboxylic acids is 1. The van der Waals surface area contributed by atoms with Gasteiger partial charge in [0.05, 0.1) is 12.8 Å². The van der Waals surface area contributed by atoms with Gasteiger partial charge in [0.1, 0.15) is 5.76 Å². The average Bonchev–Trinajstić information content (AvgIpc) is 3.31. The van der Waals surface area contributed by atoms with Gasteiger partial charge < -0.3 is 14.3 Å². The Balaban J connectivity index is 1.43. The molecule has 4 nitrogen and oxygen atoms in total. The molecule has 2 aromatic heterocycles. The minimum atomic E-state index is -0.0585. The molecule has 1 amide bonds. The highest BCUT2D eigenvalue weighted by atomic mass is 32.2. The molecule has 29 heavy (non-hydrogen) atoms. The van der Waals surface area contributed by atoms with Crippen molar-refractivity contribution in [1.29, 1.82) is 0 Å². The molecular formula is C24H28N2O2S. The van der Waals surface area contributed by atoms with Crippen LogP contribution in [0.5, 0.6) is 0 Å². The second-order valence-corrected chi connectivity index (χ2v) is 8.26. The van der Waals surface area contributed by atoms with E-state index in [2.05, 4.69) is 61.0 Å². The zero-order chi connectivity index (χ0) is 20.6. The average molecular weight is 409 g/mol. The first-order valence-corrected chi connectivity index (χ1v) is 11.0. The Morgan fingerprint density at radius 3 is 2.69 bits per heavy atom. The van der Waals surface area contributed by atoms with Gasteiger partial charge in [0.15, 0.2) is 0 Å². The van der Waals surface area contributed by atoms with Crippen LogP contribution in [0.1, 0.15) is 33.8 Å². The molecule has 0 spiro atoms. The van der Waals surface area contributed by atoms with E-state index in [-0.39, 0.29) is 5.91 Å². The van der Waals surface area contributed by atoms with Crippen molar-refractivity contribution >= 4 is 23.7 Å². The standard InChI is InChI=1S/C24H28N2O2S/c1-18-6-8-21(9-7-18)17-29-14-12-25-24(27)11-10-22-15-19(2)26(20(22)3)16-23-5-4-13-28-23/h4-11,13,15H,12,14,16-17H2,1-3H3,(H,25,27)/b11-10+. The molecule has 2 heterocycles. The van der Waals surface area contributed by atoms with E-state index in [0.29, 0.717) is 13.1 Å². The Morgan fingerprint density at radius 1 is 1.17 bits per heavy atom. The van der Waals surface area contributed by atoms with Crippen molar-refractivity contribution in [2.45, 2.75) is 33.1 Å². The van der Waals surface area contributed by atoms with Crippen LogP contribution in [0.2, 0.25) is 0 Å². The van der Waals surface area contributed by atoms with Crippen LogP contribution < -0.4 is 5.32 Å². The topological polar surface area (TPSA) is 47.2 Å². The molecule has 0 unspecified atom stereocenters. The van der Waals surface area contributed by atoms with Crippen LogP contribution in [-0.4, -0.2) is 22.8 Å². The number of aromatic nitrogens is 1. The predicted molar refractivity (Wildman–Crippen MR) is 121 cm³/mol. The number of aryl methyl sites for hydroxylation is 2. The molecule has 0 saturated heterocycles. The Bertz CT molecular complexity index is 954. The van der Waals surface area contributed by atoms with Crippen LogP contribution in [0.25, 0.3) is 6.08 Å². The number of hydrogen-bond acceptors (Lipinski definition) is 3. The van der Waals surface area contributed by atoms with E-state index in [4.69, 9.17) is 4.42 Å². The van der Waals surface area contributed by atoms with Crippen LogP contribution in [0.15, 0.2) is 59.2 Å². The largest absolute Gasteiger partial charge is 0.467 e. The Morgan fingerprint density at radius 2 is 1.97 bits per heavy atom. The van der Waals surface area contributed by atoms with Gasteiger partial charge in [-0.2, -0.15) is 11.8 Å². The van der Waals surface area contributed by atoms with E-state index < -0.39 is 0 Å². The summed E-state index contributed by atoms with van der Waals surface area (Å²) in [4.78, 5) is 12.1. The molecule has 0 bridgehead atoms. The van der Waals surface area contributed by atoms with Gasteiger partial charge in [0.25, 0.3) is 0 Å². The third kappa shape index (κ3) is 6.16. The van der Waals surface area contributed by atoms with Crippen LogP contribution in [-0.2, 0) is 17.1 Å². The number of nitrogens with one attached hydrogen (secondary N) is 1. The summed E-state index contributed by atoms with van der Waals surface area (Å²) in [5.41, 5.74) is 5.91. The van der Waals surface area contributed by atoms with Crippen LogP contribution in [0.3, 0.4) is 0 Å². The smallest absolute Gasteiger partial charge is 0.244 e. The van der Waals surface area contributed by atoms with Crippen molar-refractivity contribution in [2.75, 3.05) is 12.3 Å². The number of rotatable bonds is 9. The van der Waals surface area contributed by atoms with Crippen LogP contribution in [0, 0.1) is 20.8 Å². The van der Waals surface area contributed by atoms with Crippen molar-refractivity contribution in [3.05, 3.63) is 88.6 Å². The highest BCUT2D eigenvalue weighted by Crippen LogP contribution is 2.18. The van der Waals surface area contributed by atoms with E-state index in [1.54, 1.807) is 12.3 Å². The van der Waals surface area contributed by atoms with Gasteiger partial charge in [0.2, 0.25) is 5.91 Å². The van der Waals surface area contributed by atoms with Gasteiger partial charge in [-0.3, -0.25) is 4.79 Å².